The van der Waals surface area contributed by atoms with Crippen molar-refractivity contribution >= 4 is 16.0 Å². The molecule has 2 aliphatic rings. The average Bonchev–Trinajstić information content (AvgIpc) is 2.54. The van der Waals surface area contributed by atoms with E-state index in [0.29, 0.717) is 0 Å². The maximum Gasteiger partial charge on any atom is 0.308 e. The second-order valence-corrected chi connectivity index (χ2v) is 8.00. The van der Waals surface area contributed by atoms with Crippen LogP contribution >= 0.6 is 0 Å². The summed E-state index contributed by atoms with van der Waals surface area (Å²) >= 11 is 0. The summed E-state index contributed by atoms with van der Waals surface area (Å²) in [6.07, 6.45) is 0.00454. The Kier molecular flexibility index (Phi) is 3.72. The first-order valence-electron chi connectivity index (χ1n) is 7.26. The first-order chi connectivity index (χ1) is 10.3. The molecule has 2 heterocycles. The minimum Gasteiger partial charge on any atom is -0.428 e. The van der Waals surface area contributed by atoms with E-state index in [-0.39, 0.29) is 43.2 Å². The molecule has 0 aliphatic carbocycles. The second kappa shape index (κ2) is 5.31. The van der Waals surface area contributed by atoms with E-state index in [0.717, 1.165) is 5.56 Å². The first-order valence-corrected chi connectivity index (χ1v) is 8.70. The summed E-state index contributed by atoms with van der Waals surface area (Å²) in [6.45, 7) is 2.04. The molecule has 120 valence electrons. The number of aryl methyl sites for hydroxylation is 1. The fraction of sp³-hybridized carbons (Fsp3) is 0.533. The molecule has 0 aromatic heterocycles. The topological polar surface area (TPSA) is 63.7 Å². The minimum absolute atomic E-state index is 0.0104. The number of carbonyl (C=O) groups is 1. The Hall–Kier alpha value is -1.47. The van der Waals surface area contributed by atoms with Crippen LogP contribution in [0, 0.1) is 12.8 Å². The van der Waals surface area contributed by atoms with Gasteiger partial charge in [-0.15, -0.1) is 0 Å². The van der Waals surface area contributed by atoms with Crippen molar-refractivity contribution in [2.45, 2.75) is 36.9 Å². The van der Waals surface area contributed by atoms with E-state index in [2.05, 4.69) is 0 Å². The van der Waals surface area contributed by atoms with Gasteiger partial charge >= 0.3 is 5.97 Å². The van der Waals surface area contributed by atoms with Gasteiger partial charge in [-0.3, -0.25) is 4.79 Å². The number of rotatable bonds is 2. The van der Waals surface area contributed by atoms with E-state index >= 15 is 0 Å². The molecule has 2 unspecified atom stereocenters. The minimum atomic E-state index is -3.69. The highest BCUT2D eigenvalue weighted by Crippen LogP contribution is 2.38. The lowest BCUT2D eigenvalue weighted by Crippen LogP contribution is -2.38. The van der Waals surface area contributed by atoms with Crippen LogP contribution in [0.15, 0.2) is 29.2 Å². The van der Waals surface area contributed by atoms with Crippen LogP contribution in [0.5, 0.6) is 0 Å². The van der Waals surface area contributed by atoms with Crippen molar-refractivity contribution in [3.63, 3.8) is 0 Å². The zero-order valence-corrected chi connectivity index (χ0v) is 13.1. The molecule has 2 saturated heterocycles. The number of esters is 1. The third-order valence-electron chi connectivity index (χ3n) is 4.20. The molecule has 2 bridgehead atoms. The molecule has 2 fully saturated rings. The Balaban J connectivity index is 1.88. The zero-order valence-electron chi connectivity index (χ0n) is 12.3. The van der Waals surface area contributed by atoms with Crippen molar-refractivity contribution < 1.29 is 22.3 Å². The SMILES string of the molecule is Cc1ccc(S(=O)(=O)N2CCC3(F)CC(CC(=O)O3)C2)cc1. The average molecular weight is 327 g/mol. The van der Waals surface area contributed by atoms with Gasteiger partial charge in [0.25, 0.3) is 5.85 Å². The zero-order chi connectivity index (χ0) is 16.0. The summed E-state index contributed by atoms with van der Waals surface area (Å²) < 4.78 is 45.9. The molecule has 0 saturated carbocycles. The molecule has 7 heteroatoms. The number of fused-ring (bicyclic) bond motifs is 2. The summed E-state index contributed by atoms with van der Waals surface area (Å²) in [4.78, 5) is 11.7. The van der Waals surface area contributed by atoms with Crippen LogP contribution in [0.2, 0.25) is 0 Å². The van der Waals surface area contributed by atoms with Crippen molar-refractivity contribution in [1.82, 2.24) is 4.31 Å². The molecule has 1 aromatic carbocycles. The maximum atomic E-state index is 14.5. The molecule has 0 radical (unpaired) electrons. The van der Waals surface area contributed by atoms with Gasteiger partial charge in [-0.25, -0.2) is 8.42 Å². The third kappa shape index (κ3) is 2.87. The molecular formula is C15H18FNO4S. The molecule has 1 aromatic rings. The predicted octanol–water partition coefficient (Wildman–Crippen LogP) is 2.01. The molecule has 0 amide bonds. The molecule has 2 atom stereocenters. The van der Waals surface area contributed by atoms with Crippen molar-refractivity contribution in [3.8, 4) is 0 Å². The second-order valence-electron chi connectivity index (χ2n) is 6.06. The van der Waals surface area contributed by atoms with E-state index in [1.165, 1.54) is 4.31 Å². The van der Waals surface area contributed by atoms with Gasteiger partial charge in [-0.1, -0.05) is 17.7 Å². The molecule has 22 heavy (non-hydrogen) atoms. The largest absolute Gasteiger partial charge is 0.428 e. The summed E-state index contributed by atoms with van der Waals surface area (Å²) in [5.74, 6) is -2.96. The lowest BCUT2D eigenvalue weighted by molar-refractivity contribution is -0.199. The Morgan fingerprint density at radius 1 is 1.32 bits per heavy atom. The molecule has 5 nitrogen and oxygen atoms in total. The van der Waals surface area contributed by atoms with Crippen LogP contribution in [0.3, 0.4) is 0 Å². The van der Waals surface area contributed by atoms with Gasteiger partial charge in [-0.05, 0) is 25.0 Å². The third-order valence-corrected chi connectivity index (χ3v) is 6.08. The van der Waals surface area contributed by atoms with Crippen molar-refractivity contribution in [1.29, 1.82) is 0 Å². The van der Waals surface area contributed by atoms with Crippen molar-refractivity contribution in [2.24, 2.45) is 5.92 Å². The molecule has 3 rings (SSSR count). The van der Waals surface area contributed by atoms with E-state index in [9.17, 15) is 17.6 Å². The van der Waals surface area contributed by atoms with Crippen molar-refractivity contribution in [2.75, 3.05) is 13.1 Å². The summed E-state index contributed by atoms with van der Waals surface area (Å²) in [6, 6.07) is 6.56. The van der Waals surface area contributed by atoms with Gasteiger partial charge in [-0.2, -0.15) is 8.70 Å². The number of hydrogen-bond donors (Lipinski definition) is 0. The molecule has 0 spiro atoms. The lowest BCUT2D eigenvalue weighted by Gasteiger charge is -2.31. The molecule has 2 aliphatic heterocycles. The number of alkyl halides is 1. The normalized spacial score (nSPS) is 29.7. The highest BCUT2D eigenvalue weighted by atomic mass is 32.2. The first kappa shape index (κ1) is 15.4. The Morgan fingerprint density at radius 3 is 2.68 bits per heavy atom. The van der Waals surface area contributed by atoms with Crippen LogP contribution in [0.4, 0.5) is 4.39 Å². The fourth-order valence-electron chi connectivity index (χ4n) is 3.06. The smallest absolute Gasteiger partial charge is 0.308 e. The van der Waals surface area contributed by atoms with Crippen LogP contribution in [-0.2, 0) is 19.6 Å². The van der Waals surface area contributed by atoms with Crippen LogP contribution in [0.1, 0.15) is 24.8 Å². The Bertz CT molecular complexity index is 688. The lowest BCUT2D eigenvalue weighted by atomic mass is 9.94. The summed E-state index contributed by atoms with van der Waals surface area (Å²) in [5, 5.41) is 0. The van der Waals surface area contributed by atoms with Crippen LogP contribution < -0.4 is 0 Å². The van der Waals surface area contributed by atoms with E-state index < -0.39 is 21.8 Å². The molecular weight excluding hydrogens is 309 g/mol. The predicted molar refractivity (Wildman–Crippen MR) is 77.2 cm³/mol. The fourth-order valence-corrected chi connectivity index (χ4v) is 4.57. The number of hydrogen-bond acceptors (Lipinski definition) is 4. The van der Waals surface area contributed by atoms with Gasteiger partial charge in [0.2, 0.25) is 10.0 Å². The number of nitrogens with zero attached hydrogens (tertiary/aromatic N) is 1. The monoisotopic (exact) mass is 327 g/mol. The van der Waals surface area contributed by atoms with Gasteiger partial charge in [0.1, 0.15) is 0 Å². The number of carbonyl (C=O) groups excluding carboxylic acids is 1. The van der Waals surface area contributed by atoms with Crippen LogP contribution in [-0.4, -0.2) is 37.6 Å². The highest BCUT2D eigenvalue weighted by Gasteiger charge is 2.46. The van der Waals surface area contributed by atoms with Gasteiger partial charge < -0.3 is 4.74 Å². The van der Waals surface area contributed by atoms with E-state index in [4.69, 9.17) is 4.74 Å². The van der Waals surface area contributed by atoms with Crippen LogP contribution in [0.25, 0.3) is 0 Å². The molecule has 0 N–H and O–H groups in total. The number of halogens is 1. The van der Waals surface area contributed by atoms with Gasteiger partial charge in [0, 0.05) is 32.4 Å². The Labute approximate surface area is 129 Å². The number of ether oxygens (including phenoxy) is 1. The highest BCUT2D eigenvalue weighted by molar-refractivity contribution is 7.89. The Morgan fingerprint density at radius 2 is 2.00 bits per heavy atom. The summed E-state index contributed by atoms with van der Waals surface area (Å²) in [7, 11) is -3.69. The van der Waals surface area contributed by atoms with E-state index in [1.807, 2.05) is 6.92 Å². The van der Waals surface area contributed by atoms with Crippen molar-refractivity contribution in [3.05, 3.63) is 29.8 Å². The number of benzene rings is 1. The number of sulfonamides is 1. The van der Waals surface area contributed by atoms with Gasteiger partial charge in [0.05, 0.1) is 4.90 Å². The maximum absolute atomic E-state index is 14.5. The van der Waals surface area contributed by atoms with E-state index in [1.54, 1.807) is 24.3 Å². The summed E-state index contributed by atoms with van der Waals surface area (Å²) in [5.41, 5.74) is 0.965. The quantitative estimate of drug-likeness (QED) is 0.780. The van der Waals surface area contributed by atoms with Gasteiger partial charge in [0.15, 0.2) is 0 Å². The standard InChI is InChI=1S/C15H18FNO4S/c1-11-2-4-13(5-3-11)22(19,20)17-7-6-15(16)9-12(10-17)8-14(18)21-15/h2-5,12H,6-10H2,1H3.